The van der Waals surface area contributed by atoms with E-state index in [1.54, 1.807) is 21.3 Å². The number of ether oxygens (including phenoxy) is 3. The molecule has 1 rings (SSSR count). The summed E-state index contributed by atoms with van der Waals surface area (Å²) in [5.74, 6) is 2.35. The predicted octanol–water partition coefficient (Wildman–Crippen LogP) is 2.55. The molecule has 0 atom stereocenters. The average Bonchev–Trinajstić information content (AvgIpc) is 2.43. The van der Waals surface area contributed by atoms with Crippen molar-refractivity contribution in [1.82, 2.24) is 4.90 Å². The monoisotopic (exact) mass is 253 g/mol. The minimum absolute atomic E-state index is 0.743. The van der Waals surface area contributed by atoms with Crippen LogP contribution in [0.2, 0.25) is 0 Å². The molecule has 0 radical (unpaired) electrons. The number of hydrogen-bond donors (Lipinski definition) is 0. The van der Waals surface area contributed by atoms with Crippen LogP contribution in [0.1, 0.15) is 19.4 Å². The Balaban J connectivity index is 3.13. The first-order valence-electron chi connectivity index (χ1n) is 6.21. The fraction of sp³-hybridized carbons (Fsp3) is 0.571. The molecule has 4 nitrogen and oxygen atoms in total. The van der Waals surface area contributed by atoms with Gasteiger partial charge in [0.1, 0.15) is 17.2 Å². The average molecular weight is 253 g/mol. The molecule has 4 heteroatoms. The van der Waals surface area contributed by atoms with Gasteiger partial charge >= 0.3 is 0 Å². The standard InChI is InChI=1S/C14H23NO3/c1-6-15(7-2)10-12-13(17-4)8-11(16-3)9-14(12)18-5/h8-9H,6-7,10H2,1-5H3. The maximum Gasteiger partial charge on any atom is 0.130 e. The molecule has 0 fully saturated rings. The van der Waals surface area contributed by atoms with Crippen molar-refractivity contribution in [1.29, 1.82) is 0 Å². The van der Waals surface area contributed by atoms with Gasteiger partial charge in [-0.1, -0.05) is 13.8 Å². The van der Waals surface area contributed by atoms with Crippen LogP contribution < -0.4 is 14.2 Å². The molecule has 0 spiro atoms. The third kappa shape index (κ3) is 3.29. The van der Waals surface area contributed by atoms with Crippen molar-refractivity contribution in [2.45, 2.75) is 20.4 Å². The van der Waals surface area contributed by atoms with Gasteiger partial charge in [-0.2, -0.15) is 0 Å². The van der Waals surface area contributed by atoms with Crippen LogP contribution in [0.4, 0.5) is 0 Å². The van der Waals surface area contributed by atoms with E-state index >= 15 is 0 Å². The molecule has 0 aliphatic carbocycles. The van der Waals surface area contributed by atoms with Crippen LogP contribution in [-0.4, -0.2) is 39.3 Å². The maximum atomic E-state index is 5.43. The summed E-state index contributed by atoms with van der Waals surface area (Å²) in [7, 11) is 4.97. The zero-order chi connectivity index (χ0) is 13.5. The number of methoxy groups -OCH3 is 3. The molecule has 0 saturated carbocycles. The van der Waals surface area contributed by atoms with Crippen molar-refractivity contribution in [3.05, 3.63) is 17.7 Å². The molecule has 1 aromatic carbocycles. The van der Waals surface area contributed by atoms with Crippen molar-refractivity contribution in [2.24, 2.45) is 0 Å². The summed E-state index contributed by atoms with van der Waals surface area (Å²) in [6, 6.07) is 3.78. The lowest BCUT2D eigenvalue weighted by Gasteiger charge is -2.22. The number of nitrogens with zero attached hydrogens (tertiary/aromatic N) is 1. The van der Waals surface area contributed by atoms with Gasteiger partial charge < -0.3 is 14.2 Å². The molecule has 0 saturated heterocycles. The van der Waals surface area contributed by atoms with E-state index in [2.05, 4.69) is 18.7 Å². The van der Waals surface area contributed by atoms with Gasteiger partial charge in [0.05, 0.1) is 26.9 Å². The third-order valence-electron chi connectivity index (χ3n) is 3.09. The lowest BCUT2D eigenvalue weighted by atomic mass is 10.1. The van der Waals surface area contributed by atoms with Gasteiger partial charge in [0.2, 0.25) is 0 Å². The molecule has 0 aliphatic heterocycles. The minimum Gasteiger partial charge on any atom is -0.496 e. The van der Waals surface area contributed by atoms with Crippen LogP contribution >= 0.6 is 0 Å². The molecule has 0 amide bonds. The molecule has 0 bridgehead atoms. The summed E-state index contributed by atoms with van der Waals surface area (Å²) in [6.07, 6.45) is 0. The summed E-state index contributed by atoms with van der Waals surface area (Å²) >= 11 is 0. The second-order valence-electron chi connectivity index (χ2n) is 3.97. The molecular formula is C14H23NO3. The fourth-order valence-electron chi connectivity index (χ4n) is 1.90. The first-order valence-corrected chi connectivity index (χ1v) is 6.21. The van der Waals surface area contributed by atoms with Crippen molar-refractivity contribution in [3.63, 3.8) is 0 Å². The van der Waals surface area contributed by atoms with E-state index in [9.17, 15) is 0 Å². The SMILES string of the molecule is CCN(CC)Cc1c(OC)cc(OC)cc1OC. The Morgan fingerprint density at radius 2 is 1.39 bits per heavy atom. The van der Waals surface area contributed by atoms with Crippen LogP contribution in [0.3, 0.4) is 0 Å². The van der Waals surface area contributed by atoms with E-state index in [0.717, 1.165) is 42.4 Å². The van der Waals surface area contributed by atoms with Crippen molar-refractivity contribution >= 4 is 0 Å². The first kappa shape index (κ1) is 14.6. The normalized spacial score (nSPS) is 10.6. The van der Waals surface area contributed by atoms with Crippen LogP contribution in [0, 0.1) is 0 Å². The van der Waals surface area contributed by atoms with Crippen LogP contribution in [0.25, 0.3) is 0 Å². The van der Waals surface area contributed by atoms with E-state index in [4.69, 9.17) is 14.2 Å². The Bertz CT molecular complexity index is 350. The van der Waals surface area contributed by atoms with Gasteiger partial charge in [0, 0.05) is 18.7 Å². The second-order valence-corrected chi connectivity index (χ2v) is 3.97. The van der Waals surface area contributed by atoms with E-state index in [1.165, 1.54) is 0 Å². The molecule has 0 unspecified atom stereocenters. The molecule has 0 aromatic heterocycles. The zero-order valence-corrected chi connectivity index (χ0v) is 11.9. The summed E-state index contributed by atoms with van der Waals surface area (Å²) in [5, 5.41) is 0. The topological polar surface area (TPSA) is 30.9 Å². The Morgan fingerprint density at radius 1 is 0.889 bits per heavy atom. The van der Waals surface area contributed by atoms with E-state index < -0.39 is 0 Å². The van der Waals surface area contributed by atoms with Gasteiger partial charge in [0.25, 0.3) is 0 Å². The molecule has 102 valence electrons. The fourth-order valence-corrected chi connectivity index (χ4v) is 1.90. The Labute approximate surface area is 109 Å². The molecule has 0 aliphatic rings. The Hall–Kier alpha value is -1.42. The smallest absolute Gasteiger partial charge is 0.130 e. The lowest BCUT2D eigenvalue weighted by Crippen LogP contribution is -2.22. The quantitative estimate of drug-likeness (QED) is 0.747. The molecule has 0 heterocycles. The van der Waals surface area contributed by atoms with Crippen molar-refractivity contribution < 1.29 is 14.2 Å². The van der Waals surface area contributed by atoms with Gasteiger partial charge in [-0.05, 0) is 13.1 Å². The molecule has 0 N–H and O–H groups in total. The van der Waals surface area contributed by atoms with Gasteiger partial charge in [-0.3, -0.25) is 4.90 Å². The van der Waals surface area contributed by atoms with Crippen LogP contribution in [0.5, 0.6) is 17.2 Å². The molecule has 18 heavy (non-hydrogen) atoms. The summed E-state index contributed by atoms with van der Waals surface area (Å²) in [6.45, 7) is 7.09. The van der Waals surface area contributed by atoms with Crippen LogP contribution in [0.15, 0.2) is 12.1 Å². The molecule has 1 aromatic rings. The van der Waals surface area contributed by atoms with Crippen molar-refractivity contribution in [2.75, 3.05) is 34.4 Å². The van der Waals surface area contributed by atoms with Crippen molar-refractivity contribution in [3.8, 4) is 17.2 Å². The largest absolute Gasteiger partial charge is 0.496 e. The minimum atomic E-state index is 0.743. The summed E-state index contributed by atoms with van der Waals surface area (Å²) in [5.41, 5.74) is 1.06. The van der Waals surface area contributed by atoms with Gasteiger partial charge in [-0.15, -0.1) is 0 Å². The first-order chi connectivity index (χ1) is 8.69. The van der Waals surface area contributed by atoms with Crippen LogP contribution in [-0.2, 0) is 6.54 Å². The lowest BCUT2D eigenvalue weighted by molar-refractivity contribution is 0.280. The third-order valence-corrected chi connectivity index (χ3v) is 3.09. The van der Waals surface area contributed by atoms with E-state index in [0.29, 0.717) is 0 Å². The number of benzene rings is 1. The number of rotatable bonds is 7. The van der Waals surface area contributed by atoms with Gasteiger partial charge in [-0.25, -0.2) is 0 Å². The zero-order valence-electron chi connectivity index (χ0n) is 11.9. The van der Waals surface area contributed by atoms with Gasteiger partial charge in [0.15, 0.2) is 0 Å². The summed E-state index contributed by atoms with van der Waals surface area (Å²) < 4.78 is 16.1. The van der Waals surface area contributed by atoms with E-state index in [-0.39, 0.29) is 0 Å². The number of hydrogen-bond acceptors (Lipinski definition) is 4. The maximum absolute atomic E-state index is 5.43. The Kier molecular flexibility index (Phi) is 5.78. The predicted molar refractivity (Wildman–Crippen MR) is 72.7 cm³/mol. The highest BCUT2D eigenvalue weighted by atomic mass is 16.5. The highest BCUT2D eigenvalue weighted by Crippen LogP contribution is 2.34. The van der Waals surface area contributed by atoms with E-state index in [1.807, 2.05) is 12.1 Å². The molecular weight excluding hydrogens is 230 g/mol. The summed E-state index contributed by atoms with van der Waals surface area (Å²) in [4.78, 5) is 2.31. The highest BCUT2D eigenvalue weighted by Gasteiger charge is 2.15. The second kappa shape index (κ2) is 7.11. The Morgan fingerprint density at radius 3 is 1.72 bits per heavy atom. The highest BCUT2D eigenvalue weighted by molar-refractivity contribution is 5.50.